The molecule has 1 rings (SSSR count). The number of rotatable bonds is 5. The summed E-state index contributed by atoms with van der Waals surface area (Å²) >= 11 is 5.61. The second-order valence-corrected chi connectivity index (χ2v) is 5.09. The summed E-state index contributed by atoms with van der Waals surface area (Å²) in [4.78, 5) is 0. The van der Waals surface area contributed by atoms with Crippen LogP contribution in [0.2, 0.25) is 5.02 Å². The molecule has 0 aliphatic heterocycles. The van der Waals surface area contributed by atoms with Crippen LogP contribution in [0.15, 0.2) is 18.2 Å². The SMILES string of the molecule is CC(C)CCC(N)Cc1ccc(Cl)c(F)c1. The van der Waals surface area contributed by atoms with Gasteiger partial charge in [-0.15, -0.1) is 0 Å². The second kappa shape index (κ2) is 6.21. The maximum Gasteiger partial charge on any atom is 0.142 e. The third-order valence-electron chi connectivity index (χ3n) is 2.60. The van der Waals surface area contributed by atoms with Crippen LogP contribution in [0.25, 0.3) is 0 Å². The van der Waals surface area contributed by atoms with E-state index in [1.165, 1.54) is 6.07 Å². The Morgan fingerprint density at radius 1 is 1.31 bits per heavy atom. The first kappa shape index (κ1) is 13.5. The molecule has 1 aromatic carbocycles. The standard InChI is InChI=1S/C13H19ClFN/c1-9(2)3-5-11(16)7-10-4-6-12(14)13(15)8-10/h4,6,8-9,11H,3,5,7,16H2,1-2H3. The highest BCUT2D eigenvalue weighted by Gasteiger charge is 2.07. The van der Waals surface area contributed by atoms with Crippen LogP contribution >= 0.6 is 11.6 Å². The van der Waals surface area contributed by atoms with Gasteiger partial charge in [-0.2, -0.15) is 0 Å². The van der Waals surface area contributed by atoms with Gasteiger partial charge in [-0.25, -0.2) is 4.39 Å². The van der Waals surface area contributed by atoms with Gasteiger partial charge in [0.15, 0.2) is 0 Å². The average molecular weight is 244 g/mol. The Kier molecular flexibility index (Phi) is 5.23. The molecule has 0 bridgehead atoms. The minimum absolute atomic E-state index is 0.1000. The van der Waals surface area contributed by atoms with Crippen LogP contribution in [0.3, 0.4) is 0 Å². The van der Waals surface area contributed by atoms with E-state index >= 15 is 0 Å². The molecule has 3 heteroatoms. The van der Waals surface area contributed by atoms with Crippen molar-refractivity contribution in [3.8, 4) is 0 Å². The van der Waals surface area contributed by atoms with Crippen molar-refractivity contribution in [3.63, 3.8) is 0 Å². The Hall–Kier alpha value is -0.600. The molecule has 0 saturated heterocycles. The number of nitrogens with two attached hydrogens (primary N) is 1. The van der Waals surface area contributed by atoms with Crippen molar-refractivity contribution in [2.75, 3.05) is 0 Å². The van der Waals surface area contributed by atoms with Crippen molar-refractivity contribution in [2.45, 2.75) is 39.2 Å². The Balaban J connectivity index is 2.49. The van der Waals surface area contributed by atoms with Crippen molar-refractivity contribution in [1.82, 2.24) is 0 Å². The lowest BCUT2D eigenvalue weighted by molar-refractivity contribution is 0.494. The lowest BCUT2D eigenvalue weighted by Gasteiger charge is -2.13. The molecule has 90 valence electrons. The van der Waals surface area contributed by atoms with Gasteiger partial charge >= 0.3 is 0 Å². The molecular weight excluding hydrogens is 225 g/mol. The molecular formula is C13H19ClFN. The maximum atomic E-state index is 13.2. The Morgan fingerprint density at radius 3 is 2.56 bits per heavy atom. The number of hydrogen-bond donors (Lipinski definition) is 1. The monoisotopic (exact) mass is 243 g/mol. The zero-order valence-corrected chi connectivity index (χ0v) is 10.6. The fourth-order valence-corrected chi connectivity index (χ4v) is 1.74. The van der Waals surface area contributed by atoms with E-state index in [-0.39, 0.29) is 16.9 Å². The molecule has 1 aromatic rings. The van der Waals surface area contributed by atoms with E-state index in [1.54, 1.807) is 6.07 Å². The lowest BCUT2D eigenvalue weighted by atomic mass is 9.98. The van der Waals surface area contributed by atoms with E-state index < -0.39 is 0 Å². The second-order valence-electron chi connectivity index (χ2n) is 4.68. The minimum atomic E-state index is -0.366. The predicted molar refractivity (Wildman–Crippen MR) is 67.2 cm³/mol. The van der Waals surface area contributed by atoms with Gasteiger partial charge in [-0.05, 0) is 42.9 Å². The fraction of sp³-hybridized carbons (Fsp3) is 0.538. The molecule has 2 N–H and O–H groups in total. The largest absolute Gasteiger partial charge is 0.327 e. The Labute approximate surface area is 102 Å². The molecule has 1 nitrogen and oxygen atoms in total. The molecule has 0 aliphatic rings. The molecule has 1 unspecified atom stereocenters. The van der Waals surface area contributed by atoms with Gasteiger partial charge in [0.05, 0.1) is 5.02 Å². The first-order chi connectivity index (χ1) is 7.49. The van der Waals surface area contributed by atoms with E-state index in [2.05, 4.69) is 13.8 Å². The smallest absolute Gasteiger partial charge is 0.142 e. The van der Waals surface area contributed by atoms with Gasteiger partial charge < -0.3 is 5.73 Å². The van der Waals surface area contributed by atoms with Crippen molar-refractivity contribution < 1.29 is 4.39 Å². The summed E-state index contributed by atoms with van der Waals surface area (Å²) in [5.74, 6) is 0.295. The van der Waals surface area contributed by atoms with Crippen molar-refractivity contribution >= 4 is 11.6 Å². The number of halogens is 2. The normalized spacial score (nSPS) is 13.1. The molecule has 0 amide bonds. The maximum absolute atomic E-state index is 13.2. The van der Waals surface area contributed by atoms with E-state index in [9.17, 15) is 4.39 Å². The summed E-state index contributed by atoms with van der Waals surface area (Å²) in [6, 6.07) is 4.99. The van der Waals surface area contributed by atoms with E-state index in [0.717, 1.165) is 18.4 Å². The van der Waals surface area contributed by atoms with Crippen LogP contribution in [0.4, 0.5) is 4.39 Å². The third-order valence-corrected chi connectivity index (χ3v) is 2.90. The summed E-state index contributed by atoms with van der Waals surface area (Å²) < 4.78 is 13.2. The van der Waals surface area contributed by atoms with Gasteiger partial charge in [-0.3, -0.25) is 0 Å². The van der Waals surface area contributed by atoms with Crippen LogP contribution < -0.4 is 5.73 Å². The third kappa shape index (κ3) is 4.50. The van der Waals surface area contributed by atoms with Gasteiger partial charge in [0.2, 0.25) is 0 Å². The quantitative estimate of drug-likeness (QED) is 0.837. The number of hydrogen-bond acceptors (Lipinski definition) is 1. The van der Waals surface area contributed by atoms with Crippen LogP contribution in [-0.4, -0.2) is 6.04 Å². The first-order valence-electron chi connectivity index (χ1n) is 5.68. The van der Waals surface area contributed by atoms with E-state index in [4.69, 9.17) is 17.3 Å². The molecule has 0 fully saturated rings. The van der Waals surface area contributed by atoms with Crippen molar-refractivity contribution in [2.24, 2.45) is 11.7 Å². The summed E-state index contributed by atoms with van der Waals surface area (Å²) in [6.07, 6.45) is 2.79. The molecule has 0 radical (unpaired) electrons. The van der Waals surface area contributed by atoms with Gasteiger partial charge in [0.1, 0.15) is 5.82 Å². The average Bonchev–Trinajstić information content (AvgIpc) is 2.21. The van der Waals surface area contributed by atoms with Gasteiger partial charge in [0, 0.05) is 6.04 Å². The highest BCUT2D eigenvalue weighted by Crippen LogP contribution is 2.17. The van der Waals surface area contributed by atoms with Crippen LogP contribution in [0.5, 0.6) is 0 Å². The van der Waals surface area contributed by atoms with Gasteiger partial charge in [-0.1, -0.05) is 31.5 Å². The Morgan fingerprint density at radius 2 is 2.00 bits per heavy atom. The minimum Gasteiger partial charge on any atom is -0.327 e. The van der Waals surface area contributed by atoms with Gasteiger partial charge in [0.25, 0.3) is 0 Å². The molecule has 0 aromatic heterocycles. The lowest BCUT2D eigenvalue weighted by Crippen LogP contribution is -2.23. The molecule has 0 aliphatic carbocycles. The van der Waals surface area contributed by atoms with Crippen LogP contribution in [0.1, 0.15) is 32.3 Å². The molecule has 0 saturated carbocycles. The molecule has 0 spiro atoms. The first-order valence-corrected chi connectivity index (χ1v) is 6.06. The fourth-order valence-electron chi connectivity index (χ4n) is 1.62. The zero-order valence-electron chi connectivity index (χ0n) is 9.84. The molecule has 0 heterocycles. The molecule has 1 atom stereocenters. The summed E-state index contributed by atoms with van der Waals surface area (Å²) in [7, 11) is 0. The topological polar surface area (TPSA) is 26.0 Å². The number of benzene rings is 1. The highest BCUT2D eigenvalue weighted by molar-refractivity contribution is 6.30. The summed E-state index contributed by atoms with van der Waals surface area (Å²) in [5, 5.41) is 0.166. The van der Waals surface area contributed by atoms with Crippen LogP contribution in [-0.2, 0) is 6.42 Å². The summed E-state index contributed by atoms with van der Waals surface area (Å²) in [5.41, 5.74) is 6.90. The Bertz CT molecular complexity index is 339. The zero-order chi connectivity index (χ0) is 12.1. The molecule has 16 heavy (non-hydrogen) atoms. The van der Waals surface area contributed by atoms with Crippen LogP contribution in [0, 0.1) is 11.7 Å². The van der Waals surface area contributed by atoms with E-state index in [0.29, 0.717) is 12.3 Å². The van der Waals surface area contributed by atoms with Crippen molar-refractivity contribution in [1.29, 1.82) is 0 Å². The predicted octanol–water partition coefficient (Wildman–Crippen LogP) is 3.79. The van der Waals surface area contributed by atoms with Crippen molar-refractivity contribution in [3.05, 3.63) is 34.6 Å². The van der Waals surface area contributed by atoms with E-state index in [1.807, 2.05) is 6.07 Å². The summed E-state index contributed by atoms with van der Waals surface area (Å²) in [6.45, 7) is 4.35. The highest BCUT2D eigenvalue weighted by atomic mass is 35.5.